The van der Waals surface area contributed by atoms with E-state index in [0.29, 0.717) is 16.9 Å². The zero-order valence-corrected chi connectivity index (χ0v) is 22.5. The summed E-state index contributed by atoms with van der Waals surface area (Å²) in [6.07, 6.45) is 18.8. The molecule has 4 aliphatic carbocycles. The van der Waals surface area contributed by atoms with E-state index in [-0.39, 0.29) is 6.10 Å². The van der Waals surface area contributed by atoms with Crippen LogP contribution in [-0.2, 0) is 4.74 Å². The summed E-state index contributed by atoms with van der Waals surface area (Å²) in [5.74, 6) is 4.00. The molecule has 1 N–H and O–H groups in total. The Morgan fingerprint density at radius 2 is 1.88 bits per heavy atom. The van der Waals surface area contributed by atoms with Gasteiger partial charge in [-0.25, -0.2) is 0 Å². The van der Waals surface area contributed by atoms with Crippen molar-refractivity contribution in [3.63, 3.8) is 0 Å². The van der Waals surface area contributed by atoms with Gasteiger partial charge < -0.3 is 9.84 Å². The fourth-order valence-electron chi connectivity index (χ4n) is 8.83. The minimum Gasteiger partial charge on any atom is -0.393 e. The molecule has 33 heavy (non-hydrogen) atoms. The second kappa shape index (κ2) is 10.2. The van der Waals surface area contributed by atoms with Gasteiger partial charge in [-0.05, 0) is 132 Å². The van der Waals surface area contributed by atoms with E-state index in [2.05, 4.69) is 53.7 Å². The number of allylic oxidation sites excluding steroid dienone is 3. The van der Waals surface area contributed by atoms with Gasteiger partial charge in [0.05, 0.1) is 12.2 Å². The van der Waals surface area contributed by atoms with Crippen molar-refractivity contribution in [3.05, 3.63) is 23.3 Å². The Morgan fingerprint density at radius 3 is 2.64 bits per heavy atom. The maximum atomic E-state index is 10.3. The third-order valence-electron chi connectivity index (χ3n) is 10.9. The normalized spacial score (nSPS) is 41.9. The Morgan fingerprint density at radius 1 is 1.09 bits per heavy atom. The van der Waals surface area contributed by atoms with Gasteiger partial charge in [-0.1, -0.05) is 44.1 Å². The van der Waals surface area contributed by atoms with Crippen molar-refractivity contribution in [1.29, 1.82) is 0 Å². The quantitative estimate of drug-likeness (QED) is 0.374. The van der Waals surface area contributed by atoms with Crippen LogP contribution in [0.3, 0.4) is 0 Å². The Labute approximate surface area is 204 Å². The zero-order chi connectivity index (χ0) is 23.8. The van der Waals surface area contributed by atoms with Gasteiger partial charge >= 0.3 is 0 Å². The molecule has 9 unspecified atom stereocenters. The summed E-state index contributed by atoms with van der Waals surface area (Å²) in [6, 6.07) is 0. The highest BCUT2D eigenvalue weighted by Crippen LogP contribution is 2.66. The van der Waals surface area contributed by atoms with Crippen molar-refractivity contribution < 1.29 is 9.84 Å². The molecule has 0 heterocycles. The molecule has 188 valence electrons. The molecule has 0 aromatic heterocycles. The van der Waals surface area contributed by atoms with E-state index in [9.17, 15) is 5.11 Å². The Hall–Kier alpha value is -0.600. The van der Waals surface area contributed by atoms with E-state index in [0.717, 1.165) is 49.0 Å². The lowest BCUT2D eigenvalue weighted by molar-refractivity contribution is -0.0821. The molecule has 3 fully saturated rings. The van der Waals surface area contributed by atoms with Crippen molar-refractivity contribution in [2.45, 2.75) is 124 Å². The van der Waals surface area contributed by atoms with Crippen molar-refractivity contribution in [1.82, 2.24) is 0 Å². The fourth-order valence-corrected chi connectivity index (χ4v) is 8.83. The Balaban J connectivity index is 1.34. The summed E-state index contributed by atoms with van der Waals surface area (Å²) >= 11 is 0. The molecule has 4 rings (SSSR count). The number of aliphatic hydroxyl groups is 1. The monoisotopic (exact) mass is 456 g/mol. The molecule has 0 bridgehead atoms. The highest BCUT2D eigenvalue weighted by molar-refractivity contribution is 5.25. The summed E-state index contributed by atoms with van der Waals surface area (Å²) in [4.78, 5) is 0. The van der Waals surface area contributed by atoms with Crippen LogP contribution in [0.5, 0.6) is 0 Å². The molecular weight excluding hydrogens is 404 g/mol. The lowest BCUT2D eigenvalue weighted by atomic mass is 9.47. The smallest absolute Gasteiger partial charge is 0.0580 e. The topological polar surface area (TPSA) is 29.5 Å². The highest BCUT2D eigenvalue weighted by atomic mass is 16.5. The Kier molecular flexibility index (Phi) is 7.86. The summed E-state index contributed by atoms with van der Waals surface area (Å²) in [7, 11) is 0. The van der Waals surface area contributed by atoms with Crippen LogP contribution in [0, 0.1) is 40.4 Å². The molecule has 0 aromatic carbocycles. The Bertz CT molecular complexity index is 733. The van der Waals surface area contributed by atoms with Gasteiger partial charge in [0.15, 0.2) is 0 Å². The van der Waals surface area contributed by atoms with Crippen LogP contribution < -0.4 is 0 Å². The molecule has 0 saturated heterocycles. The number of ether oxygens (including phenoxy) is 1. The van der Waals surface area contributed by atoms with Gasteiger partial charge in [-0.2, -0.15) is 0 Å². The number of fused-ring (bicyclic) bond motifs is 5. The maximum Gasteiger partial charge on any atom is 0.0580 e. The van der Waals surface area contributed by atoms with Crippen LogP contribution in [0.15, 0.2) is 23.3 Å². The van der Waals surface area contributed by atoms with E-state index in [1.165, 1.54) is 63.4 Å². The minimum absolute atomic E-state index is 0.0986. The highest BCUT2D eigenvalue weighted by Gasteiger charge is 2.59. The zero-order valence-electron chi connectivity index (χ0n) is 22.5. The molecular formula is C31H52O2. The number of aliphatic hydroxyl groups excluding tert-OH is 1. The van der Waals surface area contributed by atoms with Crippen LogP contribution in [0.2, 0.25) is 0 Å². The van der Waals surface area contributed by atoms with E-state index in [4.69, 9.17) is 4.74 Å². The third-order valence-corrected chi connectivity index (χ3v) is 10.9. The van der Waals surface area contributed by atoms with Crippen molar-refractivity contribution in [3.8, 4) is 0 Å². The summed E-state index contributed by atoms with van der Waals surface area (Å²) in [6.45, 7) is 15.2. The molecule has 4 aliphatic rings. The average Bonchev–Trinajstić information content (AvgIpc) is 3.11. The average molecular weight is 457 g/mol. The molecule has 3 saturated carbocycles. The first-order chi connectivity index (χ1) is 15.6. The predicted molar refractivity (Wildman–Crippen MR) is 139 cm³/mol. The van der Waals surface area contributed by atoms with E-state index in [1.54, 1.807) is 5.57 Å². The largest absolute Gasteiger partial charge is 0.393 e. The number of hydrogen-bond donors (Lipinski definition) is 1. The van der Waals surface area contributed by atoms with Gasteiger partial charge in [0.2, 0.25) is 0 Å². The SMILES string of the molecule is CC(C)=CCCC(C)CCOC(C)C1CCC2C3CC=C4CC(O)CCC4(C)C3CCC12C. The lowest BCUT2D eigenvalue weighted by Crippen LogP contribution is -2.51. The predicted octanol–water partition coefficient (Wildman–Crippen LogP) is 8.10. The third kappa shape index (κ3) is 5.04. The van der Waals surface area contributed by atoms with Crippen LogP contribution in [-0.4, -0.2) is 23.9 Å². The summed E-state index contributed by atoms with van der Waals surface area (Å²) < 4.78 is 6.54. The van der Waals surface area contributed by atoms with Crippen LogP contribution in [0.4, 0.5) is 0 Å². The van der Waals surface area contributed by atoms with Crippen LogP contribution in [0.25, 0.3) is 0 Å². The van der Waals surface area contributed by atoms with Gasteiger partial charge in [0.1, 0.15) is 0 Å². The fraction of sp³-hybridized carbons (Fsp3) is 0.871. The van der Waals surface area contributed by atoms with Crippen LogP contribution in [0.1, 0.15) is 112 Å². The molecule has 2 nitrogen and oxygen atoms in total. The van der Waals surface area contributed by atoms with Gasteiger partial charge in [0.25, 0.3) is 0 Å². The van der Waals surface area contributed by atoms with Crippen molar-refractivity contribution >= 4 is 0 Å². The first-order valence-corrected chi connectivity index (χ1v) is 14.3. The molecule has 0 aliphatic heterocycles. The molecule has 9 atom stereocenters. The van der Waals surface area contributed by atoms with Gasteiger partial charge in [0, 0.05) is 6.61 Å². The van der Waals surface area contributed by atoms with E-state index in [1.807, 2.05) is 0 Å². The van der Waals surface area contributed by atoms with E-state index >= 15 is 0 Å². The summed E-state index contributed by atoms with van der Waals surface area (Å²) in [5.41, 5.74) is 3.83. The minimum atomic E-state index is -0.0986. The molecule has 0 spiro atoms. The van der Waals surface area contributed by atoms with Gasteiger partial charge in [-0.3, -0.25) is 0 Å². The molecule has 0 radical (unpaired) electrons. The second-order valence-electron chi connectivity index (χ2n) is 13.2. The first-order valence-electron chi connectivity index (χ1n) is 14.3. The molecule has 0 amide bonds. The van der Waals surface area contributed by atoms with Crippen molar-refractivity contribution in [2.75, 3.05) is 6.61 Å². The molecule has 2 heteroatoms. The number of rotatable bonds is 8. The molecule has 0 aromatic rings. The maximum absolute atomic E-state index is 10.3. The number of hydrogen-bond acceptors (Lipinski definition) is 2. The standard InChI is InChI=1S/C31H52O2/c1-21(2)8-7-9-22(3)16-19-33-23(4)27-12-13-28-26-11-10-24-20-25(32)14-17-30(24,5)29(26)15-18-31(27,28)6/h8,10,22-23,25-29,32H,7,9,11-20H2,1-6H3. The van der Waals surface area contributed by atoms with Gasteiger partial charge in [-0.15, -0.1) is 0 Å². The van der Waals surface area contributed by atoms with Crippen LogP contribution >= 0.6 is 0 Å². The lowest BCUT2D eigenvalue weighted by Gasteiger charge is -2.58. The summed E-state index contributed by atoms with van der Waals surface area (Å²) in [5, 5.41) is 10.3. The first kappa shape index (κ1) is 25.5. The van der Waals surface area contributed by atoms with E-state index < -0.39 is 0 Å². The van der Waals surface area contributed by atoms with Crippen molar-refractivity contribution in [2.24, 2.45) is 40.4 Å². The second-order valence-corrected chi connectivity index (χ2v) is 13.2.